The van der Waals surface area contributed by atoms with Gasteiger partial charge in [-0.25, -0.2) is 0 Å². The lowest BCUT2D eigenvalue weighted by Gasteiger charge is -2.10. The van der Waals surface area contributed by atoms with Gasteiger partial charge in [0.25, 0.3) is 0 Å². The molecule has 92 valence electrons. The Balaban J connectivity index is 2.42. The summed E-state index contributed by atoms with van der Waals surface area (Å²) in [6.07, 6.45) is -3.04. The fourth-order valence-corrected chi connectivity index (χ4v) is 2.08. The lowest BCUT2D eigenvalue weighted by molar-refractivity contribution is -0.137. The molecule has 0 bridgehead atoms. The van der Waals surface area contributed by atoms with Crippen LogP contribution in [0.3, 0.4) is 0 Å². The highest BCUT2D eigenvalue weighted by atomic mass is 19.4. The molecule has 0 fully saturated rings. The van der Waals surface area contributed by atoms with Gasteiger partial charge in [0.15, 0.2) is 0 Å². The number of halogens is 3. The summed E-state index contributed by atoms with van der Waals surface area (Å²) in [7, 11) is 0. The van der Waals surface area contributed by atoms with E-state index in [0.717, 1.165) is 18.6 Å². The van der Waals surface area contributed by atoms with Crippen LogP contribution in [-0.4, -0.2) is 5.91 Å². The van der Waals surface area contributed by atoms with Crippen molar-refractivity contribution < 1.29 is 18.0 Å². The van der Waals surface area contributed by atoms with Crippen molar-refractivity contribution in [2.75, 3.05) is 5.32 Å². The number of rotatable bonds is 2. The summed E-state index contributed by atoms with van der Waals surface area (Å²) >= 11 is 0. The van der Waals surface area contributed by atoms with Gasteiger partial charge in [0.1, 0.15) is 0 Å². The minimum absolute atomic E-state index is 0.207. The standard InChI is InChI=1S/C12H12F3NO/c1-2-3-8-9-6-7(12(13,14)15)4-5-10(9)16-11(8)17/h4-6,8H,2-3H2,1H3,(H,16,17). The molecular weight excluding hydrogens is 231 g/mol. The number of nitrogens with one attached hydrogen (secondary N) is 1. The van der Waals surface area contributed by atoms with Crippen molar-refractivity contribution in [3.8, 4) is 0 Å². The van der Waals surface area contributed by atoms with Crippen molar-refractivity contribution in [1.29, 1.82) is 0 Å². The van der Waals surface area contributed by atoms with Crippen LogP contribution in [-0.2, 0) is 11.0 Å². The molecular formula is C12H12F3NO. The summed E-state index contributed by atoms with van der Waals surface area (Å²) in [5, 5.41) is 2.60. The van der Waals surface area contributed by atoms with Crippen molar-refractivity contribution in [1.82, 2.24) is 0 Å². The largest absolute Gasteiger partial charge is 0.416 e. The van der Waals surface area contributed by atoms with Crippen LogP contribution in [0.25, 0.3) is 0 Å². The van der Waals surface area contributed by atoms with Gasteiger partial charge < -0.3 is 5.32 Å². The number of carbonyl (C=O) groups excluding carboxylic acids is 1. The molecule has 1 amide bonds. The van der Waals surface area contributed by atoms with Gasteiger partial charge in [-0.1, -0.05) is 13.3 Å². The SMILES string of the molecule is CCCC1C(=O)Nc2ccc(C(F)(F)F)cc21. The number of alkyl halides is 3. The Morgan fingerprint density at radius 3 is 2.65 bits per heavy atom. The molecule has 1 aromatic rings. The number of carbonyl (C=O) groups is 1. The summed E-state index contributed by atoms with van der Waals surface area (Å²) in [5.74, 6) is -0.654. The van der Waals surface area contributed by atoms with Crippen molar-refractivity contribution in [3.05, 3.63) is 29.3 Å². The molecule has 0 aliphatic carbocycles. The highest BCUT2D eigenvalue weighted by Crippen LogP contribution is 2.39. The monoisotopic (exact) mass is 243 g/mol. The topological polar surface area (TPSA) is 29.1 Å². The first-order valence-electron chi connectivity index (χ1n) is 5.45. The maximum atomic E-state index is 12.6. The quantitative estimate of drug-likeness (QED) is 0.845. The zero-order valence-corrected chi connectivity index (χ0v) is 9.27. The molecule has 1 heterocycles. The zero-order valence-electron chi connectivity index (χ0n) is 9.27. The molecule has 1 N–H and O–H groups in total. The molecule has 1 unspecified atom stereocenters. The fourth-order valence-electron chi connectivity index (χ4n) is 2.08. The van der Waals surface area contributed by atoms with Crippen molar-refractivity contribution in [3.63, 3.8) is 0 Å². The van der Waals surface area contributed by atoms with E-state index in [2.05, 4.69) is 5.32 Å². The van der Waals surface area contributed by atoms with Gasteiger partial charge in [-0.3, -0.25) is 4.79 Å². The first kappa shape index (κ1) is 12.0. The maximum absolute atomic E-state index is 12.6. The number of hydrogen-bond acceptors (Lipinski definition) is 1. The molecule has 5 heteroatoms. The Hall–Kier alpha value is -1.52. The van der Waals surface area contributed by atoms with Crippen LogP contribution in [0.15, 0.2) is 18.2 Å². The van der Waals surface area contributed by atoms with E-state index in [1.165, 1.54) is 6.07 Å². The van der Waals surface area contributed by atoms with Gasteiger partial charge in [-0.05, 0) is 30.2 Å². The molecule has 1 aliphatic heterocycles. The third kappa shape index (κ3) is 2.14. The van der Waals surface area contributed by atoms with E-state index in [1.54, 1.807) is 0 Å². The number of hydrogen-bond donors (Lipinski definition) is 1. The van der Waals surface area contributed by atoms with E-state index in [4.69, 9.17) is 0 Å². The average Bonchev–Trinajstić information content (AvgIpc) is 2.54. The molecule has 2 nitrogen and oxygen atoms in total. The third-order valence-corrected chi connectivity index (χ3v) is 2.91. The van der Waals surface area contributed by atoms with Gasteiger partial charge in [0, 0.05) is 5.69 Å². The molecule has 0 saturated carbocycles. The Bertz CT molecular complexity index is 454. The predicted octanol–water partition coefficient (Wildman–Crippen LogP) is 3.54. The van der Waals surface area contributed by atoms with Gasteiger partial charge in [-0.15, -0.1) is 0 Å². The molecule has 0 saturated heterocycles. The van der Waals surface area contributed by atoms with Crippen LogP contribution < -0.4 is 5.32 Å². The van der Waals surface area contributed by atoms with Crippen LogP contribution in [0.5, 0.6) is 0 Å². The van der Waals surface area contributed by atoms with Crippen LogP contribution in [0, 0.1) is 0 Å². The normalized spacial score (nSPS) is 19.1. The second-order valence-electron chi connectivity index (χ2n) is 4.13. The fraction of sp³-hybridized carbons (Fsp3) is 0.417. The van der Waals surface area contributed by atoms with E-state index in [0.29, 0.717) is 17.7 Å². The van der Waals surface area contributed by atoms with Crippen molar-refractivity contribution in [2.24, 2.45) is 0 Å². The van der Waals surface area contributed by atoms with E-state index in [-0.39, 0.29) is 5.91 Å². The van der Waals surface area contributed by atoms with E-state index >= 15 is 0 Å². The number of fused-ring (bicyclic) bond motifs is 1. The molecule has 2 rings (SSSR count). The minimum Gasteiger partial charge on any atom is -0.325 e. The van der Waals surface area contributed by atoms with Crippen LogP contribution >= 0.6 is 0 Å². The summed E-state index contributed by atoms with van der Waals surface area (Å²) in [4.78, 5) is 11.6. The summed E-state index contributed by atoms with van der Waals surface area (Å²) in [6.45, 7) is 1.90. The molecule has 1 atom stereocenters. The second-order valence-corrected chi connectivity index (χ2v) is 4.13. The van der Waals surface area contributed by atoms with Gasteiger partial charge in [0.05, 0.1) is 11.5 Å². The van der Waals surface area contributed by atoms with Crippen LogP contribution in [0.2, 0.25) is 0 Å². The Kier molecular flexibility index (Phi) is 2.85. The molecule has 0 spiro atoms. The highest BCUT2D eigenvalue weighted by molar-refractivity contribution is 6.02. The van der Waals surface area contributed by atoms with E-state index < -0.39 is 17.7 Å². The lowest BCUT2D eigenvalue weighted by atomic mass is 9.94. The first-order chi connectivity index (χ1) is 7.93. The Morgan fingerprint density at radius 2 is 2.06 bits per heavy atom. The third-order valence-electron chi connectivity index (χ3n) is 2.91. The second kappa shape index (κ2) is 4.05. The lowest BCUT2D eigenvalue weighted by Crippen LogP contribution is -2.11. The van der Waals surface area contributed by atoms with Crippen LogP contribution in [0.1, 0.15) is 36.8 Å². The average molecular weight is 243 g/mol. The number of anilines is 1. The van der Waals surface area contributed by atoms with Gasteiger partial charge in [0.2, 0.25) is 5.91 Å². The van der Waals surface area contributed by atoms with Crippen molar-refractivity contribution >= 4 is 11.6 Å². The first-order valence-corrected chi connectivity index (χ1v) is 5.45. The zero-order chi connectivity index (χ0) is 12.6. The van der Waals surface area contributed by atoms with Crippen molar-refractivity contribution in [2.45, 2.75) is 31.9 Å². The predicted molar refractivity (Wildman–Crippen MR) is 57.7 cm³/mol. The molecule has 0 aromatic heterocycles. The van der Waals surface area contributed by atoms with E-state index in [9.17, 15) is 18.0 Å². The number of amides is 1. The molecule has 17 heavy (non-hydrogen) atoms. The minimum atomic E-state index is -4.36. The number of benzene rings is 1. The molecule has 1 aromatic carbocycles. The Labute approximate surface area is 96.8 Å². The van der Waals surface area contributed by atoms with Gasteiger partial charge in [-0.2, -0.15) is 13.2 Å². The van der Waals surface area contributed by atoms with Crippen LogP contribution in [0.4, 0.5) is 18.9 Å². The Morgan fingerprint density at radius 1 is 1.35 bits per heavy atom. The molecule has 0 radical (unpaired) electrons. The highest BCUT2D eigenvalue weighted by Gasteiger charge is 2.35. The smallest absolute Gasteiger partial charge is 0.325 e. The molecule has 1 aliphatic rings. The van der Waals surface area contributed by atoms with E-state index in [1.807, 2.05) is 6.92 Å². The summed E-state index contributed by atoms with van der Waals surface area (Å²) in [5.41, 5.74) is 0.266. The van der Waals surface area contributed by atoms with Gasteiger partial charge >= 0.3 is 6.18 Å². The maximum Gasteiger partial charge on any atom is 0.416 e. The summed E-state index contributed by atoms with van der Waals surface area (Å²) in [6, 6.07) is 3.40. The summed E-state index contributed by atoms with van der Waals surface area (Å²) < 4.78 is 37.7.